The molecule has 0 saturated heterocycles. The highest BCUT2D eigenvalue weighted by Gasteiger charge is 2.39. The Bertz CT molecular complexity index is 2590. The molecule has 0 spiro atoms. The highest BCUT2D eigenvalue weighted by molar-refractivity contribution is 6.15. The Hall–Kier alpha value is -7.34. The average molecular weight is 753 g/mol. The lowest BCUT2D eigenvalue weighted by Crippen LogP contribution is -2.22. The van der Waals surface area contributed by atoms with E-state index in [1.807, 2.05) is 0 Å². The standard InChI is InChI=1S/C17H18.C10H2O6.2C8H4O3.CH4/c1-3-17(4-2)15-11-7-5-9-13(15)14-10-6-8-12-16(14)17;11-7-3-1-4-6(10(14)16-8(4)12)2-5(3)9(13)15-7;2*9-7-5-3-1-2-4-6(5)8(10)11-7;/h5-12H,3-4H2,1-2H3;1-2H;2*1-4H;1H4. The van der Waals surface area contributed by atoms with Crippen molar-refractivity contribution in [1.29, 1.82) is 0 Å². The smallest absolute Gasteiger partial charge is 0.346 e. The third kappa shape index (κ3) is 6.47. The molecule has 4 heterocycles. The summed E-state index contributed by atoms with van der Waals surface area (Å²) in [6.45, 7) is 4.62. The maximum absolute atomic E-state index is 11.2. The van der Waals surface area contributed by atoms with Crippen molar-refractivity contribution in [3.8, 4) is 11.1 Å². The molecule has 0 N–H and O–H groups in total. The number of hydrogen-bond acceptors (Lipinski definition) is 12. The van der Waals surface area contributed by atoms with Crippen LogP contribution >= 0.6 is 0 Å². The minimum atomic E-state index is -0.824. The maximum Gasteiger partial charge on any atom is 0.346 e. The first-order valence-electron chi connectivity index (χ1n) is 17.1. The Morgan fingerprint density at radius 3 is 0.911 bits per heavy atom. The summed E-state index contributed by atoms with van der Waals surface area (Å²) < 4.78 is 17.4. The van der Waals surface area contributed by atoms with Crippen LogP contribution in [0.2, 0.25) is 0 Å². The van der Waals surface area contributed by atoms with E-state index in [9.17, 15) is 38.4 Å². The second-order valence-electron chi connectivity index (χ2n) is 12.6. The normalized spacial score (nSPS) is 13.7. The van der Waals surface area contributed by atoms with Crippen molar-refractivity contribution in [2.45, 2.75) is 39.5 Å². The molecule has 10 rings (SSSR count). The van der Waals surface area contributed by atoms with Gasteiger partial charge in [0.15, 0.2) is 0 Å². The fourth-order valence-electron chi connectivity index (χ4n) is 7.16. The van der Waals surface area contributed by atoms with Crippen molar-refractivity contribution in [2.24, 2.45) is 0 Å². The van der Waals surface area contributed by atoms with Gasteiger partial charge in [0.25, 0.3) is 0 Å². The highest BCUT2D eigenvalue weighted by atomic mass is 16.6. The first kappa shape index (κ1) is 38.4. The van der Waals surface area contributed by atoms with Crippen LogP contribution in [0.5, 0.6) is 0 Å². The summed E-state index contributed by atoms with van der Waals surface area (Å²) in [4.78, 5) is 88.1. The van der Waals surface area contributed by atoms with Crippen molar-refractivity contribution in [3.63, 3.8) is 0 Å². The van der Waals surface area contributed by atoms with Crippen LogP contribution in [0.3, 0.4) is 0 Å². The average Bonchev–Trinajstić information content (AvgIpc) is 3.94. The molecule has 0 radical (unpaired) electrons. The summed E-state index contributed by atoms with van der Waals surface area (Å²) in [5.41, 5.74) is 4.29. The van der Waals surface area contributed by atoms with Gasteiger partial charge in [-0.05, 0) is 71.5 Å². The molecule has 0 unspecified atom stereocenters. The number of esters is 4. The molecule has 12 heteroatoms. The van der Waals surface area contributed by atoms with Gasteiger partial charge in [0.2, 0.25) is 0 Å². The summed E-state index contributed by atoms with van der Waals surface area (Å²) in [5, 5.41) is -0.0726. The molecule has 0 fully saturated rings. The van der Waals surface area contributed by atoms with Crippen LogP contribution in [0.1, 0.15) is 86.7 Å². The van der Waals surface area contributed by atoms with E-state index in [4.69, 9.17) is 0 Å². The molecule has 7 aromatic rings. The van der Waals surface area contributed by atoms with Crippen LogP contribution in [0.4, 0.5) is 0 Å². The van der Waals surface area contributed by atoms with Crippen LogP contribution in [-0.2, 0) is 14.9 Å². The van der Waals surface area contributed by atoms with Gasteiger partial charge in [-0.25, -0.2) is 38.4 Å². The molecule has 2 aliphatic heterocycles. The molecule has 2 aromatic heterocycles. The van der Waals surface area contributed by atoms with Gasteiger partial charge in [-0.2, -0.15) is 0 Å². The Kier molecular flexibility index (Phi) is 10.4. The number of benzene rings is 5. The van der Waals surface area contributed by atoms with Gasteiger partial charge in [-0.15, -0.1) is 0 Å². The molecule has 56 heavy (non-hydrogen) atoms. The molecular formula is C44H32O12. The molecule has 12 nitrogen and oxygen atoms in total. The van der Waals surface area contributed by atoms with E-state index in [-0.39, 0.29) is 34.4 Å². The fraction of sp³-hybridized carbons (Fsp3) is 0.136. The van der Waals surface area contributed by atoms with Crippen molar-refractivity contribution in [1.82, 2.24) is 0 Å². The zero-order valence-electron chi connectivity index (χ0n) is 29.2. The third-order valence-corrected chi connectivity index (χ3v) is 9.90. The lowest BCUT2D eigenvalue weighted by molar-refractivity contribution is 0.0425. The van der Waals surface area contributed by atoms with Gasteiger partial charge in [-0.3, -0.25) is 0 Å². The van der Waals surface area contributed by atoms with Gasteiger partial charge in [0.05, 0.1) is 43.8 Å². The van der Waals surface area contributed by atoms with Crippen molar-refractivity contribution in [2.75, 3.05) is 0 Å². The summed E-state index contributed by atoms with van der Waals surface area (Å²) in [6, 6.07) is 33.1. The second kappa shape index (κ2) is 15.2. The number of carbonyl (C=O) groups excluding carboxylic acids is 4. The number of hydrogen-bond donors (Lipinski definition) is 0. The summed E-state index contributed by atoms with van der Waals surface area (Å²) in [7, 11) is 0. The fourth-order valence-corrected chi connectivity index (χ4v) is 7.16. The van der Waals surface area contributed by atoms with E-state index >= 15 is 0 Å². The summed E-state index contributed by atoms with van der Waals surface area (Å²) in [5.74, 6) is -2.20. The first-order chi connectivity index (χ1) is 26.5. The summed E-state index contributed by atoms with van der Waals surface area (Å²) >= 11 is 0. The SMILES string of the molecule is C.CCC1(CC)c2ccccc2-c2ccccc21.O=C1OC(=O)c2ccccc21.O=C1OC(=O)c2ccccc21.O=c1oc(=O)c2cc3c(=O)oc(=O)c3cc12. The van der Waals surface area contributed by atoms with Crippen LogP contribution in [0.15, 0.2) is 137 Å². The Balaban J connectivity index is 0.000000128. The number of furan rings is 2. The van der Waals surface area contributed by atoms with E-state index in [2.05, 4.69) is 80.7 Å². The monoisotopic (exact) mass is 752 g/mol. The minimum Gasteiger partial charge on any atom is -0.386 e. The van der Waals surface area contributed by atoms with Gasteiger partial charge in [0.1, 0.15) is 0 Å². The Morgan fingerprint density at radius 2 is 0.643 bits per heavy atom. The zero-order valence-corrected chi connectivity index (χ0v) is 29.2. The number of fused-ring (bicyclic) bond motifs is 7. The number of cyclic esters (lactones) is 4. The lowest BCUT2D eigenvalue weighted by Gasteiger charge is -2.29. The van der Waals surface area contributed by atoms with E-state index in [0.717, 1.165) is 12.1 Å². The topological polar surface area (TPSA) is 181 Å². The van der Waals surface area contributed by atoms with Gasteiger partial charge >= 0.3 is 46.4 Å². The van der Waals surface area contributed by atoms with E-state index in [1.54, 1.807) is 48.5 Å². The highest BCUT2D eigenvalue weighted by Crippen LogP contribution is 2.52. The molecule has 280 valence electrons. The van der Waals surface area contributed by atoms with Crippen LogP contribution in [0.25, 0.3) is 32.7 Å². The number of rotatable bonds is 2. The number of ether oxygens (including phenoxy) is 2. The zero-order chi connectivity index (χ0) is 39.0. The molecule has 5 aromatic carbocycles. The maximum atomic E-state index is 11.2. The number of carbonyl (C=O) groups is 4. The minimum absolute atomic E-state index is 0. The molecule has 0 atom stereocenters. The van der Waals surface area contributed by atoms with E-state index in [1.165, 1.54) is 35.1 Å². The van der Waals surface area contributed by atoms with Gasteiger partial charge in [0, 0.05) is 5.41 Å². The van der Waals surface area contributed by atoms with Gasteiger partial charge < -0.3 is 18.3 Å². The Morgan fingerprint density at radius 1 is 0.393 bits per heavy atom. The van der Waals surface area contributed by atoms with Crippen molar-refractivity contribution < 1.29 is 37.5 Å². The molecule has 0 saturated carbocycles. The van der Waals surface area contributed by atoms with Crippen molar-refractivity contribution in [3.05, 3.63) is 184 Å². The van der Waals surface area contributed by atoms with Crippen LogP contribution in [-0.4, -0.2) is 23.9 Å². The Labute approximate surface area is 317 Å². The largest absolute Gasteiger partial charge is 0.386 e. The van der Waals surface area contributed by atoms with E-state index in [0.29, 0.717) is 22.3 Å². The van der Waals surface area contributed by atoms with Crippen LogP contribution < -0.4 is 22.5 Å². The quantitative estimate of drug-likeness (QED) is 0.132. The predicted molar refractivity (Wildman–Crippen MR) is 206 cm³/mol. The lowest BCUT2D eigenvalue weighted by atomic mass is 9.74. The summed E-state index contributed by atoms with van der Waals surface area (Å²) in [6.07, 6.45) is 2.36. The van der Waals surface area contributed by atoms with E-state index < -0.39 is 46.4 Å². The predicted octanol–water partition coefficient (Wildman–Crippen LogP) is 6.90. The van der Waals surface area contributed by atoms with Crippen molar-refractivity contribution >= 4 is 45.4 Å². The second-order valence-corrected chi connectivity index (χ2v) is 12.6. The molecule has 0 bridgehead atoms. The molecule has 0 amide bonds. The first-order valence-corrected chi connectivity index (χ1v) is 17.1. The molecule has 3 aliphatic rings. The van der Waals surface area contributed by atoms with Gasteiger partial charge in [-0.1, -0.05) is 94.1 Å². The molecule has 1 aliphatic carbocycles. The molecular weight excluding hydrogens is 720 g/mol. The third-order valence-electron chi connectivity index (χ3n) is 9.90. The van der Waals surface area contributed by atoms with Crippen LogP contribution in [0, 0.1) is 0 Å².